The SMILES string of the molecule is COc1ccc(COc2cc(Cl)c(C(=O)C(=O)N(CCS[C@]3(C(=O)OC(c4ccccc4)c4ccccc4)CN4C(=O)[C@@H](NC(=O)/C(=N\OC(C)(C)C(=O)OC(C)(C)C)c5csc(N)n5)[C@H]4S3)C(=O)OC(C)(C)C)cc2OCc2ccc(OC)cc2)cc1. The van der Waals surface area contributed by atoms with Crippen LogP contribution >= 0.6 is 46.5 Å². The minimum atomic E-state index is -1.71. The Morgan fingerprint density at radius 3 is 1.85 bits per heavy atom. The number of nitrogen functional groups attached to an aromatic ring is 1. The molecule has 0 saturated carbocycles. The lowest BCUT2D eigenvalue weighted by atomic mass is 10.0. The second kappa shape index (κ2) is 27.8. The Bertz CT molecular complexity index is 3520. The Balaban J connectivity index is 1.09. The number of fused-ring (bicyclic) bond motifs is 1. The molecule has 464 valence electrons. The number of esters is 2. The first-order valence-corrected chi connectivity index (χ1v) is 30.7. The molecule has 21 nitrogen and oxygen atoms in total. The number of hydrogen-bond acceptors (Lipinski definition) is 21. The van der Waals surface area contributed by atoms with E-state index in [1.165, 1.54) is 36.3 Å². The van der Waals surface area contributed by atoms with Gasteiger partial charge in [-0.25, -0.2) is 24.3 Å². The lowest BCUT2D eigenvalue weighted by Gasteiger charge is -2.41. The van der Waals surface area contributed by atoms with Crippen LogP contribution in [-0.2, 0) is 56.2 Å². The van der Waals surface area contributed by atoms with E-state index in [4.69, 9.17) is 55.3 Å². The molecule has 1 aromatic heterocycles. The van der Waals surface area contributed by atoms with Crippen LogP contribution in [-0.4, -0.2) is 127 Å². The van der Waals surface area contributed by atoms with Crippen LogP contribution in [0.5, 0.6) is 23.0 Å². The Kier molecular flexibility index (Phi) is 20.7. The number of halogens is 1. The van der Waals surface area contributed by atoms with Gasteiger partial charge in [0, 0.05) is 23.7 Å². The fourth-order valence-electron chi connectivity index (χ4n) is 8.69. The van der Waals surface area contributed by atoms with E-state index < -0.39 is 92.2 Å². The maximum atomic E-state index is 15.3. The Labute approximate surface area is 526 Å². The number of rotatable bonds is 24. The Morgan fingerprint density at radius 2 is 1.34 bits per heavy atom. The number of methoxy groups -OCH3 is 2. The number of hydrogen-bond donors (Lipinski definition) is 2. The molecule has 88 heavy (non-hydrogen) atoms. The van der Waals surface area contributed by atoms with Gasteiger partial charge in [0.1, 0.15) is 53.0 Å². The second-order valence-electron chi connectivity index (χ2n) is 22.6. The number of aromatic nitrogens is 1. The summed E-state index contributed by atoms with van der Waals surface area (Å²) >= 11 is 9.82. The monoisotopic (exact) mass is 1280 g/mol. The molecule has 6 aromatic rings. The van der Waals surface area contributed by atoms with Crippen molar-refractivity contribution in [3.63, 3.8) is 0 Å². The molecular weight excluding hydrogens is 1210 g/mol. The van der Waals surface area contributed by atoms with Crippen molar-refractivity contribution in [2.45, 2.75) is 107 Å². The third-order valence-corrected chi connectivity index (χ3v) is 17.4. The van der Waals surface area contributed by atoms with Gasteiger partial charge < -0.3 is 53.9 Å². The number of carbonyl (C=O) groups is 7. The minimum absolute atomic E-state index is 0.00768. The third kappa shape index (κ3) is 16.2. The molecule has 8 rings (SSSR count). The van der Waals surface area contributed by atoms with E-state index in [1.807, 2.05) is 24.3 Å². The number of benzene rings is 5. The summed E-state index contributed by atoms with van der Waals surface area (Å²) in [6, 6.07) is 33.6. The predicted octanol–water partition coefficient (Wildman–Crippen LogP) is 10.2. The van der Waals surface area contributed by atoms with E-state index in [0.29, 0.717) is 27.5 Å². The van der Waals surface area contributed by atoms with Gasteiger partial charge in [0.15, 0.2) is 32.5 Å². The van der Waals surface area contributed by atoms with Crippen molar-refractivity contribution in [2.75, 3.05) is 38.8 Å². The summed E-state index contributed by atoms with van der Waals surface area (Å²) in [4.78, 5) is 113. The number of carbonyl (C=O) groups excluding carboxylic acids is 7. The summed E-state index contributed by atoms with van der Waals surface area (Å²) in [6.07, 6.45) is -2.13. The smallest absolute Gasteiger partial charge is 0.417 e. The summed E-state index contributed by atoms with van der Waals surface area (Å²) in [6.45, 7) is 11.9. The van der Waals surface area contributed by atoms with Gasteiger partial charge in [0.25, 0.3) is 11.7 Å². The van der Waals surface area contributed by atoms with Crippen molar-refractivity contribution < 1.29 is 71.6 Å². The first-order chi connectivity index (χ1) is 41.7. The predicted molar refractivity (Wildman–Crippen MR) is 333 cm³/mol. The minimum Gasteiger partial charge on any atom is -0.497 e. The highest BCUT2D eigenvalue weighted by atomic mass is 35.5. The number of thioether (sulfide) groups is 2. The van der Waals surface area contributed by atoms with Crippen LogP contribution in [0.15, 0.2) is 132 Å². The topological polar surface area (TPSA) is 263 Å². The van der Waals surface area contributed by atoms with E-state index in [2.05, 4.69) is 15.5 Å². The van der Waals surface area contributed by atoms with Crippen LogP contribution in [0.2, 0.25) is 5.02 Å². The lowest BCUT2D eigenvalue weighted by molar-refractivity contribution is -0.179. The third-order valence-electron chi connectivity index (χ3n) is 13.2. The van der Waals surface area contributed by atoms with E-state index in [0.717, 1.165) is 46.0 Å². The van der Waals surface area contributed by atoms with E-state index in [1.54, 1.807) is 141 Å². The molecule has 5 aromatic carbocycles. The van der Waals surface area contributed by atoms with Gasteiger partial charge in [-0.3, -0.25) is 19.2 Å². The summed E-state index contributed by atoms with van der Waals surface area (Å²) < 4.78 is 39.0. The zero-order chi connectivity index (χ0) is 63.7. The van der Waals surface area contributed by atoms with Crippen LogP contribution in [0.3, 0.4) is 0 Å². The van der Waals surface area contributed by atoms with Crippen molar-refractivity contribution in [1.29, 1.82) is 0 Å². The fourth-order valence-corrected chi connectivity index (χ4v) is 12.7. The van der Waals surface area contributed by atoms with Crippen LogP contribution in [0.4, 0.5) is 9.93 Å². The molecule has 2 aliphatic heterocycles. The van der Waals surface area contributed by atoms with Crippen molar-refractivity contribution in [3.05, 3.63) is 165 Å². The van der Waals surface area contributed by atoms with Crippen molar-refractivity contribution in [1.82, 2.24) is 20.1 Å². The summed E-state index contributed by atoms with van der Waals surface area (Å²) in [5, 5.41) is 7.22. The van der Waals surface area contributed by atoms with Crippen molar-refractivity contribution in [2.24, 2.45) is 5.16 Å². The van der Waals surface area contributed by atoms with Gasteiger partial charge >= 0.3 is 23.9 Å². The number of nitrogens with zero attached hydrogens (tertiary/aromatic N) is 4. The first-order valence-electron chi connectivity index (χ1n) is 27.6. The van der Waals surface area contributed by atoms with Gasteiger partial charge in [-0.05, 0) is 108 Å². The zero-order valence-electron chi connectivity index (χ0n) is 50.0. The lowest BCUT2D eigenvalue weighted by Crippen LogP contribution is -2.68. The molecular formula is C63H67ClN6O15S3. The number of thiazole rings is 1. The van der Waals surface area contributed by atoms with Crippen molar-refractivity contribution >= 4 is 98.8 Å². The maximum Gasteiger partial charge on any atom is 0.417 e. The van der Waals surface area contributed by atoms with Gasteiger partial charge in [-0.15, -0.1) is 34.9 Å². The Hall–Kier alpha value is -8.32. The molecule has 0 radical (unpaired) electrons. The second-order valence-corrected chi connectivity index (χ2v) is 26.9. The summed E-state index contributed by atoms with van der Waals surface area (Å²) in [7, 11) is 3.10. The number of oxime groups is 1. The Morgan fingerprint density at radius 1 is 0.795 bits per heavy atom. The number of β-lactam (4-membered cyclic amide) rings is 1. The van der Waals surface area contributed by atoms with Crippen LogP contribution in [0.1, 0.15) is 99.8 Å². The summed E-state index contributed by atoms with van der Waals surface area (Å²) in [5.41, 5.74) is 4.24. The van der Waals surface area contributed by atoms with Crippen molar-refractivity contribution in [3.8, 4) is 23.0 Å². The molecule has 0 spiro atoms. The number of imide groups is 1. The normalized spacial score (nSPS) is 16.6. The number of nitrogens with two attached hydrogens (primary N) is 1. The molecule has 25 heteroatoms. The number of anilines is 1. The van der Waals surface area contributed by atoms with Crippen LogP contribution in [0.25, 0.3) is 0 Å². The van der Waals surface area contributed by atoms with Crippen LogP contribution in [0, 0.1) is 0 Å². The molecule has 2 saturated heterocycles. The molecule has 4 amide bonds. The highest BCUT2D eigenvalue weighted by Crippen LogP contribution is 2.54. The van der Waals surface area contributed by atoms with Gasteiger partial charge in [0.05, 0.1) is 31.4 Å². The summed E-state index contributed by atoms with van der Waals surface area (Å²) in [5.74, 6) is -4.37. The average Bonchev–Trinajstić information content (AvgIpc) is 1.66. The molecule has 3 N–H and O–H groups in total. The average molecular weight is 1280 g/mol. The van der Waals surface area contributed by atoms with Gasteiger partial charge in [-0.1, -0.05) is 102 Å². The molecule has 0 aliphatic carbocycles. The largest absolute Gasteiger partial charge is 0.497 e. The quantitative estimate of drug-likeness (QED) is 0.0109. The molecule has 0 bridgehead atoms. The van der Waals surface area contributed by atoms with E-state index >= 15 is 4.79 Å². The standard InChI is InChI=1S/C63H67ClN6O15S3/c1-60(2,3)83-56(75)62(7,8)85-68-48(45-35-86-58(65)66-45)52(72)67-49-53(73)70-36-63(88-55(49)70,57(76)82-51(39-17-13-11-14-18-39)40-19-15-12-16-20-40)87-30-29-69(59(77)84-61(4,5)6)54(74)50(71)43-31-46(80-33-37-21-25-41(78-9)26-22-37)47(32-44(43)64)81-34-38-23-27-42(79-10)28-24-38/h11-28,31-32,35,49,51,55H,29-30,33-34,36H2,1-10H3,(H2,65,66)(H,67,72)/b68-48-/t49-,55-,63-/m1/s1. The maximum absolute atomic E-state index is 15.3. The number of ether oxygens (including phenoxy) is 7. The van der Waals surface area contributed by atoms with E-state index in [-0.39, 0.29) is 58.4 Å². The molecule has 3 heterocycles. The van der Waals surface area contributed by atoms with Crippen LogP contribution < -0.4 is 30.0 Å². The molecule has 3 atom stereocenters. The van der Waals surface area contributed by atoms with Gasteiger partial charge in [0.2, 0.25) is 11.5 Å². The fraction of sp³-hybridized carbons (Fsp3) is 0.349. The van der Waals surface area contributed by atoms with Gasteiger partial charge in [-0.2, -0.15) is 0 Å². The molecule has 0 unspecified atom stereocenters. The molecule has 2 aliphatic rings. The highest BCUT2D eigenvalue weighted by molar-refractivity contribution is 8.20. The highest BCUT2D eigenvalue weighted by Gasteiger charge is 2.63. The number of amides is 4. The number of ketones is 1. The molecule has 2 fully saturated rings. The first kappa shape index (κ1) is 65.7. The van der Waals surface area contributed by atoms with E-state index in [9.17, 15) is 28.8 Å². The zero-order valence-corrected chi connectivity index (χ0v) is 53.2. The number of Topliss-reactive ketones (excluding diaryl/α,β-unsaturated/α-hetero) is 1. The number of nitrogens with one attached hydrogen (secondary N) is 1.